The first-order chi connectivity index (χ1) is 10.0. The number of hydrogen-bond acceptors (Lipinski definition) is 1. The lowest BCUT2D eigenvalue weighted by atomic mass is 9.96. The van der Waals surface area contributed by atoms with Gasteiger partial charge in [0.25, 0.3) is 0 Å². The molecule has 0 fully saturated rings. The van der Waals surface area contributed by atoms with E-state index in [-0.39, 0.29) is 0 Å². The summed E-state index contributed by atoms with van der Waals surface area (Å²) in [5.41, 5.74) is 1.62. The second kappa shape index (κ2) is 7.01. The molecule has 0 spiro atoms. The summed E-state index contributed by atoms with van der Waals surface area (Å²) in [5.74, 6) is -1.10. The van der Waals surface area contributed by atoms with Gasteiger partial charge in [-0.15, -0.1) is 0 Å². The van der Waals surface area contributed by atoms with Gasteiger partial charge < -0.3 is 5.32 Å². The van der Waals surface area contributed by atoms with Gasteiger partial charge in [0.15, 0.2) is 0 Å². The van der Waals surface area contributed by atoms with Crippen molar-refractivity contribution >= 4 is 11.6 Å². The van der Waals surface area contributed by atoms with E-state index in [9.17, 15) is 8.78 Å². The quantitative estimate of drug-likeness (QED) is 0.818. The number of benzene rings is 2. The fourth-order valence-corrected chi connectivity index (χ4v) is 2.53. The molecule has 0 aliphatic heterocycles. The summed E-state index contributed by atoms with van der Waals surface area (Å²) in [4.78, 5) is 0. The maximum absolute atomic E-state index is 14.2. The van der Waals surface area contributed by atoms with Crippen LogP contribution in [0.15, 0.2) is 36.4 Å². The van der Waals surface area contributed by atoms with Crippen molar-refractivity contribution in [1.29, 1.82) is 0 Å². The normalized spacial score (nSPS) is 12.4. The van der Waals surface area contributed by atoms with Gasteiger partial charge in [-0.1, -0.05) is 36.7 Å². The number of hydrogen-bond donors (Lipinski definition) is 1. The Labute approximate surface area is 128 Å². The van der Waals surface area contributed by atoms with Crippen molar-refractivity contribution in [2.45, 2.75) is 26.3 Å². The van der Waals surface area contributed by atoms with E-state index in [1.165, 1.54) is 0 Å². The van der Waals surface area contributed by atoms with Crippen LogP contribution in [0.3, 0.4) is 0 Å². The van der Waals surface area contributed by atoms with E-state index in [1.54, 1.807) is 19.1 Å². The third kappa shape index (κ3) is 3.60. The molecule has 0 aliphatic rings. The zero-order valence-corrected chi connectivity index (χ0v) is 12.8. The van der Waals surface area contributed by atoms with Crippen molar-refractivity contribution < 1.29 is 8.78 Å². The third-order valence-corrected chi connectivity index (χ3v) is 3.75. The molecule has 4 heteroatoms. The van der Waals surface area contributed by atoms with Gasteiger partial charge in [0, 0.05) is 16.7 Å². The molecule has 0 saturated heterocycles. The summed E-state index contributed by atoms with van der Waals surface area (Å²) >= 11 is 6.23. The molecule has 1 unspecified atom stereocenters. The van der Waals surface area contributed by atoms with E-state index >= 15 is 0 Å². The van der Waals surface area contributed by atoms with Gasteiger partial charge in [0.2, 0.25) is 0 Å². The third-order valence-electron chi connectivity index (χ3n) is 3.40. The molecule has 0 heterocycles. The molecule has 112 valence electrons. The van der Waals surface area contributed by atoms with Gasteiger partial charge in [-0.25, -0.2) is 8.78 Å². The Kier molecular flexibility index (Phi) is 5.32. The van der Waals surface area contributed by atoms with E-state index in [0.29, 0.717) is 22.7 Å². The van der Waals surface area contributed by atoms with Gasteiger partial charge in [-0.05, 0) is 43.1 Å². The molecule has 2 aromatic carbocycles. The predicted octanol–water partition coefficient (Wildman–Crippen LogP) is 5.02. The van der Waals surface area contributed by atoms with Crippen LogP contribution >= 0.6 is 11.6 Å². The van der Waals surface area contributed by atoms with Gasteiger partial charge >= 0.3 is 0 Å². The van der Waals surface area contributed by atoms with Crippen LogP contribution < -0.4 is 5.32 Å². The smallest absolute Gasteiger partial charge is 0.131 e. The highest BCUT2D eigenvalue weighted by Gasteiger charge is 2.20. The van der Waals surface area contributed by atoms with Crippen molar-refractivity contribution in [3.05, 3.63) is 69.7 Å². The molecule has 0 saturated carbocycles. The van der Waals surface area contributed by atoms with Crippen LogP contribution in [0.5, 0.6) is 0 Å². The fraction of sp³-hybridized carbons (Fsp3) is 0.294. The molecular weight excluding hydrogens is 292 g/mol. The minimum Gasteiger partial charge on any atom is -0.306 e. The average molecular weight is 310 g/mol. The molecule has 1 atom stereocenters. The Morgan fingerprint density at radius 3 is 2.48 bits per heavy atom. The molecule has 21 heavy (non-hydrogen) atoms. The van der Waals surface area contributed by atoms with Crippen LogP contribution in [0.1, 0.15) is 36.1 Å². The van der Waals surface area contributed by atoms with Crippen molar-refractivity contribution in [1.82, 2.24) is 5.32 Å². The van der Waals surface area contributed by atoms with E-state index in [0.717, 1.165) is 18.1 Å². The highest BCUT2D eigenvalue weighted by atomic mass is 35.5. The lowest BCUT2D eigenvalue weighted by molar-refractivity contribution is 0.530. The van der Waals surface area contributed by atoms with Crippen LogP contribution in [-0.4, -0.2) is 6.54 Å². The maximum Gasteiger partial charge on any atom is 0.131 e. The topological polar surface area (TPSA) is 12.0 Å². The van der Waals surface area contributed by atoms with Gasteiger partial charge in [0.1, 0.15) is 11.6 Å². The molecule has 1 N–H and O–H groups in total. The maximum atomic E-state index is 14.2. The lowest BCUT2D eigenvalue weighted by Gasteiger charge is -2.22. The number of halogens is 3. The number of rotatable bonds is 5. The van der Waals surface area contributed by atoms with Crippen LogP contribution in [-0.2, 0) is 0 Å². The van der Waals surface area contributed by atoms with Crippen LogP contribution in [0.2, 0.25) is 5.02 Å². The SMILES string of the molecule is CCCNC(c1cc(C)c(F)cc1F)c1ccccc1Cl. The summed E-state index contributed by atoms with van der Waals surface area (Å²) in [6.45, 7) is 4.37. The van der Waals surface area contributed by atoms with E-state index in [1.807, 2.05) is 25.1 Å². The first-order valence-corrected chi connectivity index (χ1v) is 7.35. The number of aryl methyl sites for hydroxylation is 1. The van der Waals surface area contributed by atoms with Crippen LogP contribution in [0, 0.1) is 18.6 Å². The second-order valence-corrected chi connectivity index (χ2v) is 5.44. The van der Waals surface area contributed by atoms with Gasteiger partial charge in [0.05, 0.1) is 6.04 Å². The first kappa shape index (κ1) is 15.9. The van der Waals surface area contributed by atoms with Gasteiger partial charge in [-0.2, -0.15) is 0 Å². The van der Waals surface area contributed by atoms with Crippen LogP contribution in [0.25, 0.3) is 0 Å². The molecule has 2 aromatic rings. The van der Waals surface area contributed by atoms with Crippen molar-refractivity contribution in [3.63, 3.8) is 0 Å². The van der Waals surface area contributed by atoms with E-state index < -0.39 is 17.7 Å². The van der Waals surface area contributed by atoms with E-state index in [2.05, 4.69) is 5.32 Å². The minimum absolute atomic E-state index is 0.391. The minimum atomic E-state index is -0.563. The number of nitrogens with one attached hydrogen (secondary N) is 1. The first-order valence-electron chi connectivity index (χ1n) is 6.98. The Morgan fingerprint density at radius 2 is 1.81 bits per heavy atom. The van der Waals surface area contributed by atoms with Crippen molar-refractivity contribution in [2.75, 3.05) is 6.54 Å². The zero-order chi connectivity index (χ0) is 15.4. The molecule has 0 amide bonds. The average Bonchev–Trinajstić information content (AvgIpc) is 2.46. The Balaban J connectivity index is 2.51. The summed E-state index contributed by atoms with van der Waals surface area (Å²) in [7, 11) is 0. The monoisotopic (exact) mass is 309 g/mol. The van der Waals surface area contributed by atoms with E-state index in [4.69, 9.17) is 11.6 Å². The summed E-state index contributed by atoms with van der Waals surface area (Å²) in [6.07, 6.45) is 0.906. The molecule has 2 rings (SSSR count). The molecule has 0 bridgehead atoms. The summed E-state index contributed by atoms with van der Waals surface area (Å²) < 4.78 is 27.7. The lowest BCUT2D eigenvalue weighted by Crippen LogP contribution is -2.24. The fourth-order valence-electron chi connectivity index (χ4n) is 2.29. The molecule has 0 aromatic heterocycles. The zero-order valence-electron chi connectivity index (χ0n) is 12.1. The summed E-state index contributed by atoms with van der Waals surface area (Å²) in [6, 6.07) is 9.40. The molecule has 0 aliphatic carbocycles. The highest BCUT2D eigenvalue weighted by Crippen LogP contribution is 2.31. The van der Waals surface area contributed by atoms with Gasteiger partial charge in [-0.3, -0.25) is 0 Å². The highest BCUT2D eigenvalue weighted by molar-refractivity contribution is 6.31. The Morgan fingerprint density at radius 1 is 1.10 bits per heavy atom. The largest absolute Gasteiger partial charge is 0.306 e. The molecular formula is C17H18ClF2N. The second-order valence-electron chi connectivity index (χ2n) is 5.03. The molecule has 0 radical (unpaired) electrons. The van der Waals surface area contributed by atoms with Crippen molar-refractivity contribution in [2.24, 2.45) is 0 Å². The standard InChI is InChI=1S/C17H18ClF2N/c1-3-8-21-17(12-6-4-5-7-14(12)18)13-9-11(2)15(19)10-16(13)20/h4-7,9-10,17,21H,3,8H2,1-2H3. The Hall–Kier alpha value is -1.45. The van der Waals surface area contributed by atoms with Crippen molar-refractivity contribution in [3.8, 4) is 0 Å². The Bertz CT molecular complexity index is 628. The summed E-state index contributed by atoms with van der Waals surface area (Å²) in [5, 5.41) is 3.85. The van der Waals surface area contributed by atoms with Crippen LogP contribution in [0.4, 0.5) is 8.78 Å². The predicted molar refractivity (Wildman–Crippen MR) is 82.7 cm³/mol. The molecule has 1 nitrogen and oxygen atoms in total.